The number of pyridine rings is 1. The largest absolute Gasteiger partial charge is 0.353 e. The third kappa shape index (κ3) is 6.38. The summed E-state index contributed by atoms with van der Waals surface area (Å²) in [7, 11) is 0. The molecule has 0 aliphatic carbocycles. The van der Waals surface area contributed by atoms with Gasteiger partial charge in [0.2, 0.25) is 0 Å². The van der Waals surface area contributed by atoms with Crippen molar-refractivity contribution in [3.05, 3.63) is 57.7 Å². The molecule has 6 nitrogen and oxygen atoms in total. The molecule has 0 bridgehead atoms. The van der Waals surface area contributed by atoms with Crippen molar-refractivity contribution >= 4 is 34.9 Å². The summed E-state index contributed by atoms with van der Waals surface area (Å²) >= 11 is 12.5. The van der Waals surface area contributed by atoms with Crippen molar-refractivity contribution in [2.45, 2.75) is 38.8 Å². The minimum atomic E-state index is -0.120. The normalized spacial score (nSPS) is 18.5. The Bertz CT molecular complexity index is 929. The molecule has 1 N–H and O–H groups in total. The topological polar surface area (TPSA) is 51.7 Å². The SMILES string of the molecule is CCCNC(=O)c1cnc(N2CCN(C3CCN(Cc4ccc(Cl)cc4)CC3)CC2)c(Cl)c1.[HH]. The molecule has 0 radical (unpaired) electrons. The molecular weight excluding hydrogens is 457 g/mol. The molecule has 0 atom stereocenters. The Morgan fingerprint density at radius 1 is 1.09 bits per heavy atom. The lowest BCUT2D eigenvalue weighted by molar-refractivity contribution is 0.0953. The lowest BCUT2D eigenvalue weighted by Crippen LogP contribution is -2.53. The molecule has 2 aliphatic heterocycles. The number of nitrogens with one attached hydrogen (secondary N) is 1. The molecule has 33 heavy (non-hydrogen) atoms. The van der Waals surface area contributed by atoms with Gasteiger partial charge in [0.05, 0.1) is 10.6 Å². The standard InChI is InChI=1S/C25H33Cl2N5O.H2/c1-2-9-28-25(33)20-16-23(27)24(29-17-20)32-14-12-31(13-15-32)22-7-10-30(11-8-22)18-19-3-5-21(26)6-4-19;/h3-6,16-17,22H,2,7-15,18H2,1H3,(H,28,33);1H. The molecule has 180 valence electrons. The number of likely N-dealkylation sites (tertiary alicyclic amines) is 1. The molecule has 2 saturated heterocycles. The van der Waals surface area contributed by atoms with E-state index < -0.39 is 0 Å². The Kier molecular flexibility index (Phi) is 8.47. The smallest absolute Gasteiger partial charge is 0.252 e. The highest BCUT2D eigenvalue weighted by Crippen LogP contribution is 2.27. The summed E-state index contributed by atoms with van der Waals surface area (Å²) in [5, 5.41) is 4.21. The fraction of sp³-hybridized carbons (Fsp3) is 0.520. The van der Waals surface area contributed by atoms with Crippen LogP contribution in [-0.4, -0.2) is 72.5 Å². The third-order valence-corrected chi connectivity index (χ3v) is 7.16. The number of piperazine rings is 1. The molecule has 3 heterocycles. The van der Waals surface area contributed by atoms with Gasteiger partial charge in [0.25, 0.3) is 5.91 Å². The monoisotopic (exact) mass is 491 g/mol. The van der Waals surface area contributed by atoms with Crippen LogP contribution >= 0.6 is 23.2 Å². The Labute approximate surface area is 208 Å². The van der Waals surface area contributed by atoms with Crippen LogP contribution in [0.1, 0.15) is 43.5 Å². The van der Waals surface area contributed by atoms with Gasteiger partial charge in [-0.2, -0.15) is 0 Å². The van der Waals surface area contributed by atoms with Crippen LogP contribution in [0.25, 0.3) is 0 Å². The maximum absolute atomic E-state index is 12.2. The molecule has 2 aliphatic rings. The van der Waals surface area contributed by atoms with Crippen LogP contribution in [0.2, 0.25) is 10.0 Å². The van der Waals surface area contributed by atoms with Crippen LogP contribution in [-0.2, 0) is 6.54 Å². The molecule has 0 saturated carbocycles. The summed E-state index contributed by atoms with van der Waals surface area (Å²) < 4.78 is 0. The van der Waals surface area contributed by atoms with Crippen molar-refractivity contribution < 1.29 is 6.22 Å². The van der Waals surface area contributed by atoms with Crippen LogP contribution in [0.3, 0.4) is 0 Å². The first kappa shape index (κ1) is 24.3. The number of hydrogen-bond donors (Lipinski definition) is 1. The van der Waals surface area contributed by atoms with Gasteiger partial charge in [-0.1, -0.05) is 42.3 Å². The van der Waals surface area contributed by atoms with Crippen LogP contribution < -0.4 is 10.2 Å². The van der Waals surface area contributed by atoms with E-state index in [0.29, 0.717) is 23.2 Å². The van der Waals surface area contributed by atoms with Crippen molar-refractivity contribution in [2.24, 2.45) is 0 Å². The summed E-state index contributed by atoms with van der Waals surface area (Å²) in [5.41, 5.74) is 1.84. The number of benzene rings is 1. The summed E-state index contributed by atoms with van der Waals surface area (Å²) in [5.74, 6) is 0.658. The first-order valence-electron chi connectivity index (χ1n) is 11.9. The number of halogens is 2. The number of hydrogen-bond acceptors (Lipinski definition) is 5. The molecule has 1 aromatic carbocycles. The van der Waals surface area contributed by atoms with E-state index in [1.807, 2.05) is 19.1 Å². The van der Waals surface area contributed by atoms with Gasteiger partial charge in [-0.3, -0.25) is 14.6 Å². The second kappa shape index (κ2) is 11.5. The number of carbonyl (C=O) groups excluding carboxylic acids is 1. The summed E-state index contributed by atoms with van der Waals surface area (Å²) in [6.45, 7) is 9.76. The van der Waals surface area contributed by atoms with Gasteiger partial charge in [0, 0.05) is 58.0 Å². The zero-order valence-corrected chi connectivity index (χ0v) is 20.8. The molecule has 2 fully saturated rings. The summed E-state index contributed by atoms with van der Waals surface area (Å²) in [6.07, 6.45) is 4.94. The van der Waals surface area contributed by atoms with E-state index in [0.717, 1.165) is 63.1 Å². The number of piperidine rings is 1. The van der Waals surface area contributed by atoms with Crippen molar-refractivity contribution in [1.82, 2.24) is 20.1 Å². The Morgan fingerprint density at radius 3 is 2.42 bits per heavy atom. The van der Waals surface area contributed by atoms with E-state index in [4.69, 9.17) is 23.2 Å². The highest BCUT2D eigenvalue weighted by atomic mass is 35.5. The van der Waals surface area contributed by atoms with Crippen LogP contribution in [0.4, 0.5) is 5.82 Å². The van der Waals surface area contributed by atoms with E-state index in [1.165, 1.54) is 18.4 Å². The number of carbonyl (C=O) groups is 1. The fourth-order valence-corrected chi connectivity index (χ4v) is 5.13. The van der Waals surface area contributed by atoms with Crippen molar-refractivity contribution in [3.63, 3.8) is 0 Å². The minimum Gasteiger partial charge on any atom is -0.353 e. The highest BCUT2D eigenvalue weighted by molar-refractivity contribution is 6.33. The maximum atomic E-state index is 12.2. The molecule has 4 rings (SSSR count). The van der Waals surface area contributed by atoms with Gasteiger partial charge in [-0.25, -0.2) is 4.98 Å². The predicted molar refractivity (Wildman–Crippen MR) is 138 cm³/mol. The Hall–Kier alpha value is -1.86. The first-order chi connectivity index (χ1) is 16.0. The fourth-order valence-electron chi connectivity index (χ4n) is 4.72. The third-order valence-electron chi connectivity index (χ3n) is 6.63. The average molecular weight is 492 g/mol. The molecule has 0 unspecified atom stereocenters. The van der Waals surface area contributed by atoms with Gasteiger partial charge in [-0.05, 0) is 56.1 Å². The summed E-state index contributed by atoms with van der Waals surface area (Å²) in [4.78, 5) is 24.1. The van der Waals surface area contributed by atoms with Crippen LogP contribution in [0.15, 0.2) is 36.5 Å². The van der Waals surface area contributed by atoms with Crippen molar-refractivity contribution in [2.75, 3.05) is 50.7 Å². The van der Waals surface area contributed by atoms with Crippen LogP contribution in [0.5, 0.6) is 0 Å². The average Bonchev–Trinajstić information content (AvgIpc) is 2.84. The van der Waals surface area contributed by atoms with Crippen molar-refractivity contribution in [3.8, 4) is 0 Å². The lowest BCUT2D eigenvalue weighted by Gasteiger charge is -2.43. The zero-order valence-electron chi connectivity index (χ0n) is 19.3. The molecule has 1 amide bonds. The van der Waals surface area contributed by atoms with E-state index in [2.05, 4.69) is 37.1 Å². The molecule has 0 spiro atoms. The molecule has 2 aromatic rings. The van der Waals surface area contributed by atoms with Gasteiger partial charge >= 0.3 is 0 Å². The van der Waals surface area contributed by atoms with E-state index in [1.54, 1.807) is 12.3 Å². The lowest BCUT2D eigenvalue weighted by atomic mass is 10.0. The van der Waals surface area contributed by atoms with E-state index >= 15 is 0 Å². The van der Waals surface area contributed by atoms with Gasteiger partial charge < -0.3 is 10.2 Å². The second-order valence-electron chi connectivity index (χ2n) is 8.94. The van der Waals surface area contributed by atoms with E-state index in [-0.39, 0.29) is 7.33 Å². The van der Waals surface area contributed by atoms with Crippen LogP contribution in [0, 0.1) is 0 Å². The number of anilines is 1. The zero-order chi connectivity index (χ0) is 23.2. The number of nitrogens with zero attached hydrogens (tertiary/aromatic N) is 4. The van der Waals surface area contributed by atoms with Gasteiger partial charge in [0.1, 0.15) is 5.82 Å². The Balaban J connectivity index is 0.00000324. The van der Waals surface area contributed by atoms with Crippen molar-refractivity contribution in [1.29, 1.82) is 0 Å². The maximum Gasteiger partial charge on any atom is 0.252 e. The number of aromatic nitrogens is 1. The van der Waals surface area contributed by atoms with E-state index in [9.17, 15) is 4.79 Å². The van der Waals surface area contributed by atoms with Gasteiger partial charge in [-0.15, -0.1) is 0 Å². The molecule has 1 aromatic heterocycles. The second-order valence-corrected chi connectivity index (χ2v) is 9.79. The minimum absolute atomic E-state index is 0. The quantitative estimate of drug-likeness (QED) is 0.614. The summed E-state index contributed by atoms with van der Waals surface area (Å²) in [6, 6.07) is 10.6. The highest BCUT2D eigenvalue weighted by Gasteiger charge is 2.28. The molecule has 8 heteroatoms. The molecular formula is C25H35Cl2N5O. The first-order valence-corrected chi connectivity index (χ1v) is 12.7. The number of rotatable bonds is 7. The number of amides is 1. The predicted octanol–water partition coefficient (Wildman–Crippen LogP) is 4.56. The Morgan fingerprint density at radius 2 is 1.79 bits per heavy atom. The van der Waals surface area contributed by atoms with Gasteiger partial charge in [0.15, 0.2) is 0 Å².